The first-order chi connectivity index (χ1) is 11.8. The molecule has 2 aromatic carbocycles. The number of nitriles is 1. The van der Waals surface area contributed by atoms with E-state index in [9.17, 15) is 10.1 Å². The summed E-state index contributed by atoms with van der Waals surface area (Å²) >= 11 is 0. The molecule has 5 nitrogen and oxygen atoms in total. The Hall–Kier alpha value is -3.65. The predicted octanol–water partition coefficient (Wildman–Crippen LogP) is 3.46. The minimum absolute atomic E-state index is 0.285. The van der Waals surface area contributed by atoms with Gasteiger partial charge in [-0.25, -0.2) is 4.98 Å². The summed E-state index contributed by atoms with van der Waals surface area (Å²) in [6.45, 7) is 0. The molecule has 0 radical (unpaired) electrons. The molecule has 0 aliphatic carbocycles. The van der Waals surface area contributed by atoms with E-state index >= 15 is 0 Å². The Morgan fingerprint density at radius 2 is 1.50 bits per heavy atom. The number of aromatic amines is 2. The molecule has 0 aliphatic rings. The third-order valence-corrected chi connectivity index (χ3v) is 3.94. The van der Waals surface area contributed by atoms with Crippen LogP contribution in [-0.4, -0.2) is 15.2 Å². The Bertz CT molecular complexity index is 1120. The van der Waals surface area contributed by atoms with Gasteiger partial charge in [0.25, 0.3) is 5.56 Å². The second kappa shape index (κ2) is 5.52. The number of rotatable bonds is 2. The van der Waals surface area contributed by atoms with Crippen molar-refractivity contribution < 1.29 is 0 Å². The fraction of sp³-hybridized carbons (Fsp3) is 0. The molecule has 4 rings (SSSR count). The topological polar surface area (TPSA) is 85.3 Å². The molecule has 0 spiro atoms. The van der Waals surface area contributed by atoms with Gasteiger partial charge in [0, 0.05) is 11.1 Å². The van der Waals surface area contributed by atoms with Crippen LogP contribution >= 0.6 is 0 Å². The van der Waals surface area contributed by atoms with Crippen LogP contribution in [0.1, 0.15) is 5.56 Å². The number of pyridine rings is 1. The summed E-state index contributed by atoms with van der Waals surface area (Å²) < 4.78 is 0. The van der Waals surface area contributed by atoms with E-state index in [0.717, 1.165) is 11.1 Å². The van der Waals surface area contributed by atoms with Crippen molar-refractivity contribution in [1.29, 1.82) is 5.26 Å². The summed E-state index contributed by atoms with van der Waals surface area (Å²) in [5, 5.41) is 15.6. The molecule has 0 bridgehead atoms. The average molecular weight is 312 g/mol. The largest absolute Gasteiger partial charge is 0.281 e. The zero-order valence-corrected chi connectivity index (χ0v) is 12.6. The summed E-state index contributed by atoms with van der Waals surface area (Å²) in [7, 11) is 0. The number of fused-ring (bicyclic) bond motifs is 1. The lowest BCUT2D eigenvalue weighted by Gasteiger charge is -2.10. The molecule has 0 fully saturated rings. The zero-order chi connectivity index (χ0) is 16.5. The maximum Gasteiger partial charge on any atom is 0.274 e. The second-order valence-corrected chi connectivity index (χ2v) is 5.36. The Kier molecular flexibility index (Phi) is 3.22. The summed E-state index contributed by atoms with van der Waals surface area (Å²) in [5.74, 6) is 0. The fourth-order valence-corrected chi connectivity index (χ4v) is 2.88. The lowest BCUT2D eigenvalue weighted by Crippen LogP contribution is -2.03. The molecule has 0 unspecified atom stereocenters. The third-order valence-electron chi connectivity index (χ3n) is 3.94. The summed E-state index contributed by atoms with van der Waals surface area (Å²) in [4.78, 5) is 16.8. The highest BCUT2D eigenvalue weighted by Crippen LogP contribution is 2.34. The normalized spacial score (nSPS) is 10.6. The number of H-pyrrole nitrogens is 2. The Balaban J connectivity index is 2.18. The quantitative estimate of drug-likeness (QED) is 0.594. The van der Waals surface area contributed by atoms with Gasteiger partial charge in [-0.3, -0.25) is 15.0 Å². The summed E-state index contributed by atoms with van der Waals surface area (Å²) in [6.07, 6.45) is 0. The highest BCUT2D eigenvalue weighted by atomic mass is 16.1. The van der Waals surface area contributed by atoms with Gasteiger partial charge in [-0.1, -0.05) is 60.7 Å². The van der Waals surface area contributed by atoms with Gasteiger partial charge < -0.3 is 0 Å². The van der Waals surface area contributed by atoms with Gasteiger partial charge in [-0.2, -0.15) is 5.26 Å². The van der Waals surface area contributed by atoms with Crippen LogP contribution in [0.15, 0.2) is 65.5 Å². The molecule has 0 amide bonds. The zero-order valence-electron chi connectivity index (χ0n) is 12.6. The maximum absolute atomic E-state index is 12.3. The SMILES string of the molecule is N#Cc1c(-c2ccccc2)nc2[nH][nH]c(=O)c2c1-c1ccccc1. The highest BCUT2D eigenvalue weighted by molar-refractivity contribution is 5.98. The van der Waals surface area contributed by atoms with Crippen LogP contribution in [0, 0.1) is 11.3 Å². The molecule has 0 aliphatic heterocycles. The number of nitrogens with one attached hydrogen (secondary N) is 2. The lowest BCUT2D eigenvalue weighted by atomic mass is 9.94. The average Bonchev–Trinajstić information content (AvgIpc) is 3.02. The number of hydrogen-bond acceptors (Lipinski definition) is 3. The van der Waals surface area contributed by atoms with Crippen molar-refractivity contribution in [3.8, 4) is 28.5 Å². The smallest absolute Gasteiger partial charge is 0.274 e. The molecule has 0 saturated heterocycles. The molecule has 0 saturated carbocycles. The van der Waals surface area contributed by atoms with E-state index in [4.69, 9.17) is 0 Å². The minimum atomic E-state index is -0.285. The third kappa shape index (κ3) is 2.09. The Morgan fingerprint density at radius 3 is 2.12 bits per heavy atom. The first kappa shape index (κ1) is 14.0. The molecular formula is C19H12N4O. The fourth-order valence-electron chi connectivity index (χ4n) is 2.88. The summed E-state index contributed by atoms with van der Waals surface area (Å²) in [6, 6.07) is 21.2. The van der Waals surface area contributed by atoms with Crippen LogP contribution in [-0.2, 0) is 0 Å². The molecule has 114 valence electrons. The standard InChI is InChI=1S/C19H12N4O/c20-11-14-15(12-7-3-1-4-8-12)16-18(22-23-19(16)24)21-17(14)13-9-5-2-6-10-13/h1-10H,(H2,21,22,23,24). The van der Waals surface area contributed by atoms with E-state index in [2.05, 4.69) is 21.3 Å². The van der Waals surface area contributed by atoms with E-state index in [1.54, 1.807) is 0 Å². The van der Waals surface area contributed by atoms with Crippen molar-refractivity contribution in [3.63, 3.8) is 0 Å². The van der Waals surface area contributed by atoms with Gasteiger partial charge >= 0.3 is 0 Å². The molecule has 2 N–H and O–H groups in total. The van der Waals surface area contributed by atoms with Crippen molar-refractivity contribution in [2.24, 2.45) is 0 Å². The molecule has 4 aromatic rings. The molecular weight excluding hydrogens is 300 g/mol. The van der Waals surface area contributed by atoms with Crippen molar-refractivity contribution in [1.82, 2.24) is 15.2 Å². The predicted molar refractivity (Wildman–Crippen MR) is 92.3 cm³/mol. The van der Waals surface area contributed by atoms with Crippen LogP contribution in [0.2, 0.25) is 0 Å². The van der Waals surface area contributed by atoms with Gasteiger partial charge in [-0.05, 0) is 5.56 Å². The van der Waals surface area contributed by atoms with E-state index in [0.29, 0.717) is 27.9 Å². The Morgan fingerprint density at radius 1 is 0.875 bits per heavy atom. The molecule has 5 heteroatoms. The first-order valence-electron chi connectivity index (χ1n) is 7.45. The lowest BCUT2D eigenvalue weighted by molar-refractivity contribution is 1.06. The van der Waals surface area contributed by atoms with Gasteiger partial charge in [0.2, 0.25) is 0 Å². The first-order valence-corrected chi connectivity index (χ1v) is 7.45. The van der Waals surface area contributed by atoms with Gasteiger partial charge in [0.15, 0.2) is 5.65 Å². The van der Waals surface area contributed by atoms with E-state index in [1.807, 2.05) is 60.7 Å². The monoisotopic (exact) mass is 312 g/mol. The molecule has 2 heterocycles. The van der Waals surface area contributed by atoms with E-state index in [-0.39, 0.29) is 5.56 Å². The van der Waals surface area contributed by atoms with Crippen LogP contribution < -0.4 is 5.56 Å². The second-order valence-electron chi connectivity index (χ2n) is 5.36. The van der Waals surface area contributed by atoms with Crippen molar-refractivity contribution in [3.05, 3.63) is 76.6 Å². The molecule has 2 aromatic heterocycles. The summed E-state index contributed by atoms with van der Waals surface area (Å²) in [5.41, 5.74) is 3.34. The maximum atomic E-state index is 12.3. The number of nitrogens with zero attached hydrogens (tertiary/aromatic N) is 2. The van der Waals surface area contributed by atoms with Crippen LogP contribution in [0.4, 0.5) is 0 Å². The van der Waals surface area contributed by atoms with Crippen molar-refractivity contribution >= 4 is 11.0 Å². The molecule has 24 heavy (non-hydrogen) atoms. The molecule has 0 atom stereocenters. The number of benzene rings is 2. The van der Waals surface area contributed by atoms with E-state index in [1.165, 1.54) is 0 Å². The van der Waals surface area contributed by atoms with Gasteiger partial charge in [-0.15, -0.1) is 0 Å². The van der Waals surface area contributed by atoms with Crippen molar-refractivity contribution in [2.45, 2.75) is 0 Å². The minimum Gasteiger partial charge on any atom is -0.281 e. The van der Waals surface area contributed by atoms with Crippen LogP contribution in [0.5, 0.6) is 0 Å². The van der Waals surface area contributed by atoms with Crippen molar-refractivity contribution in [2.75, 3.05) is 0 Å². The van der Waals surface area contributed by atoms with Gasteiger partial charge in [0.1, 0.15) is 6.07 Å². The number of hydrogen-bond donors (Lipinski definition) is 2. The van der Waals surface area contributed by atoms with Crippen LogP contribution in [0.25, 0.3) is 33.4 Å². The Labute approximate surface area is 137 Å². The van der Waals surface area contributed by atoms with E-state index < -0.39 is 0 Å². The number of aromatic nitrogens is 3. The van der Waals surface area contributed by atoms with Gasteiger partial charge in [0.05, 0.1) is 16.6 Å². The van der Waals surface area contributed by atoms with Crippen LogP contribution in [0.3, 0.4) is 0 Å². The highest BCUT2D eigenvalue weighted by Gasteiger charge is 2.20.